The van der Waals surface area contributed by atoms with Crippen molar-refractivity contribution in [2.75, 3.05) is 12.4 Å². The van der Waals surface area contributed by atoms with Crippen LogP contribution in [0.5, 0.6) is 0 Å². The van der Waals surface area contributed by atoms with Crippen LogP contribution in [-0.2, 0) is 4.74 Å². The summed E-state index contributed by atoms with van der Waals surface area (Å²) in [6.07, 6.45) is 6.96. The highest BCUT2D eigenvalue weighted by Crippen LogP contribution is 2.23. The Bertz CT molecular complexity index is 332. The van der Waals surface area contributed by atoms with Crippen LogP contribution in [0, 0.1) is 6.92 Å². The molecule has 0 bridgehead atoms. The molecule has 16 heavy (non-hydrogen) atoms. The number of anilines is 1. The lowest BCUT2D eigenvalue weighted by atomic mass is 9.93. The number of nitrogens with one attached hydrogen (secondary N) is 1. The van der Waals surface area contributed by atoms with Crippen LogP contribution >= 0.6 is 0 Å². The quantitative estimate of drug-likeness (QED) is 0.850. The first kappa shape index (κ1) is 11.4. The standard InChI is InChI=1S/C13H20N2O/c1-10-4-3-9-14-13(10)15-11-5-7-12(16-2)8-6-11/h3-4,9,11-12H,5-8H2,1-2H3,(H,14,15). The molecule has 1 aliphatic carbocycles. The van der Waals surface area contributed by atoms with Crippen LogP contribution in [0.4, 0.5) is 5.82 Å². The first-order valence-corrected chi connectivity index (χ1v) is 6.00. The zero-order valence-electron chi connectivity index (χ0n) is 10.1. The number of hydrogen-bond donors (Lipinski definition) is 1. The van der Waals surface area contributed by atoms with Gasteiger partial charge in [-0.25, -0.2) is 4.98 Å². The Hall–Kier alpha value is -1.09. The molecule has 88 valence electrons. The van der Waals surface area contributed by atoms with Gasteiger partial charge in [0.15, 0.2) is 0 Å². The number of pyridine rings is 1. The molecule has 0 radical (unpaired) electrons. The fraction of sp³-hybridized carbons (Fsp3) is 0.615. The predicted molar refractivity (Wildman–Crippen MR) is 65.6 cm³/mol. The fourth-order valence-corrected chi connectivity index (χ4v) is 2.27. The summed E-state index contributed by atoms with van der Waals surface area (Å²) >= 11 is 0. The average molecular weight is 220 g/mol. The topological polar surface area (TPSA) is 34.1 Å². The average Bonchev–Trinajstić information content (AvgIpc) is 2.33. The lowest BCUT2D eigenvalue weighted by Crippen LogP contribution is -2.29. The fourth-order valence-electron chi connectivity index (χ4n) is 2.27. The zero-order valence-corrected chi connectivity index (χ0v) is 10.1. The van der Waals surface area contributed by atoms with Gasteiger partial charge in [0.25, 0.3) is 0 Å². The Kier molecular flexibility index (Phi) is 3.78. The van der Waals surface area contributed by atoms with Crippen molar-refractivity contribution < 1.29 is 4.74 Å². The normalized spacial score (nSPS) is 25.4. The van der Waals surface area contributed by atoms with E-state index in [-0.39, 0.29) is 0 Å². The first-order valence-electron chi connectivity index (χ1n) is 6.00. The molecule has 2 rings (SSSR count). The van der Waals surface area contributed by atoms with Gasteiger partial charge >= 0.3 is 0 Å². The van der Waals surface area contributed by atoms with E-state index >= 15 is 0 Å². The molecule has 1 aromatic heterocycles. The second kappa shape index (κ2) is 5.30. The van der Waals surface area contributed by atoms with Gasteiger partial charge in [-0.1, -0.05) is 6.07 Å². The Morgan fingerprint density at radius 3 is 2.69 bits per heavy atom. The Morgan fingerprint density at radius 1 is 1.31 bits per heavy atom. The van der Waals surface area contributed by atoms with Crippen LogP contribution in [0.25, 0.3) is 0 Å². The maximum atomic E-state index is 5.37. The minimum absolute atomic E-state index is 0.461. The maximum Gasteiger partial charge on any atom is 0.129 e. The summed E-state index contributed by atoms with van der Waals surface area (Å²) < 4.78 is 5.37. The van der Waals surface area contributed by atoms with Crippen LogP contribution in [0.2, 0.25) is 0 Å². The number of methoxy groups -OCH3 is 1. The van der Waals surface area contributed by atoms with Crippen molar-refractivity contribution in [1.29, 1.82) is 0 Å². The van der Waals surface area contributed by atoms with Gasteiger partial charge in [0.05, 0.1) is 6.10 Å². The molecule has 1 aromatic rings. The van der Waals surface area contributed by atoms with Crippen LogP contribution in [-0.4, -0.2) is 24.2 Å². The Morgan fingerprint density at radius 2 is 2.06 bits per heavy atom. The summed E-state index contributed by atoms with van der Waals surface area (Å²) in [7, 11) is 1.81. The lowest BCUT2D eigenvalue weighted by molar-refractivity contribution is 0.0681. The summed E-state index contributed by atoms with van der Waals surface area (Å²) in [6.45, 7) is 2.09. The summed E-state index contributed by atoms with van der Waals surface area (Å²) in [5, 5.41) is 3.53. The molecule has 1 N–H and O–H groups in total. The van der Waals surface area contributed by atoms with Gasteiger partial charge in [0.2, 0.25) is 0 Å². The monoisotopic (exact) mass is 220 g/mol. The predicted octanol–water partition coefficient (Wildman–Crippen LogP) is 2.76. The number of nitrogens with zero attached hydrogens (tertiary/aromatic N) is 1. The third-order valence-electron chi connectivity index (χ3n) is 3.36. The highest BCUT2D eigenvalue weighted by molar-refractivity contribution is 5.43. The molecule has 0 aromatic carbocycles. The molecule has 3 heteroatoms. The minimum Gasteiger partial charge on any atom is -0.381 e. The second-order valence-electron chi connectivity index (χ2n) is 4.52. The molecule has 3 nitrogen and oxygen atoms in total. The molecule has 0 aliphatic heterocycles. The smallest absolute Gasteiger partial charge is 0.129 e. The summed E-state index contributed by atoms with van der Waals surface area (Å²) in [4.78, 5) is 4.37. The third-order valence-corrected chi connectivity index (χ3v) is 3.36. The number of aryl methyl sites for hydroxylation is 1. The van der Waals surface area contributed by atoms with Gasteiger partial charge in [-0.2, -0.15) is 0 Å². The first-order chi connectivity index (χ1) is 7.79. The van der Waals surface area contributed by atoms with Crippen molar-refractivity contribution in [3.63, 3.8) is 0 Å². The molecule has 1 heterocycles. The highest BCUT2D eigenvalue weighted by Gasteiger charge is 2.20. The molecule has 1 fully saturated rings. The summed E-state index contributed by atoms with van der Waals surface area (Å²) in [6, 6.07) is 4.62. The molecule has 0 atom stereocenters. The minimum atomic E-state index is 0.461. The molecule has 0 unspecified atom stereocenters. The SMILES string of the molecule is COC1CCC(Nc2ncccc2C)CC1. The van der Waals surface area contributed by atoms with E-state index < -0.39 is 0 Å². The molecule has 0 spiro atoms. The Labute approximate surface area is 97.2 Å². The summed E-state index contributed by atoms with van der Waals surface area (Å²) in [5.74, 6) is 1.03. The maximum absolute atomic E-state index is 5.37. The number of ether oxygens (including phenoxy) is 1. The van der Waals surface area contributed by atoms with E-state index in [9.17, 15) is 0 Å². The second-order valence-corrected chi connectivity index (χ2v) is 4.52. The molecular weight excluding hydrogens is 200 g/mol. The van der Waals surface area contributed by atoms with Crippen LogP contribution < -0.4 is 5.32 Å². The van der Waals surface area contributed by atoms with Crippen molar-refractivity contribution in [3.8, 4) is 0 Å². The van der Waals surface area contributed by atoms with Gasteiger partial charge in [-0.3, -0.25) is 0 Å². The summed E-state index contributed by atoms with van der Waals surface area (Å²) in [5.41, 5.74) is 1.22. The van der Waals surface area contributed by atoms with E-state index in [2.05, 4.69) is 23.3 Å². The van der Waals surface area contributed by atoms with E-state index in [0.717, 1.165) is 18.7 Å². The largest absolute Gasteiger partial charge is 0.381 e. The molecular formula is C13H20N2O. The van der Waals surface area contributed by atoms with Gasteiger partial charge < -0.3 is 10.1 Å². The zero-order chi connectivity index (χ0) is 11.4. The number of rotatable bonds is 3. The molecule has 0 saturated heterocycles. The van der Waals surface area contributed by atoms with E-state index in [1.54, 1.807) is 7.11 Å². The van der Waals surface area contributed by atoms with Gasteiger partial charge in [-0.15, -0.1) is 0 Å². The van der Waals surface area contributed by atoms with E-state index in [1.165, 1.54) is 18.4 Å². The van der Waals surface area contributed by atoms with E-state index in [4.69, 9.17) is 4.74 Å². The Balaban J connectivity index is 1.89. The molecule has 0 amide bonds. The van der Waals surface area contributed by atoms with Crippen molar-refractivity contribution in [2.24, 2.45) is 0 Å². The van der Waals surface area contributed by atoms with Crippen molar-refractivity contribution in [1.82, 2.24) is 4.98 Å². The van der Waals surface area contributed by atoms with Crippen molar-refractivity contribution in [3.05, 3.63) is 23.9 Å². The van der Waals surface area contributed by atoms with E-state index in [0.29, 0.717) is 12.1 Å². The van der Waals surface area contributed by atoms with Gasteiger partial charge in [0.1, 0.15) is 5.82 Å². The molecule has 1 saturated carbocycles. The number of aromatic nitrogens is 1. The van der Waals surface area contributed by atoms with Crippen LogP contribution in [0.15, 0.2) is 18.3 Å². The van der Waals surface area contributed by atoms with Gasteiger partial charge in [-0.05, 0) is 44.2 Å². The third kappa shape index (κ3) is 2.73. The van der Waals surface area contributed by atoms with E-state index in [1.807, 2.05) is 12.3 Å². The lowest BCUT2D eigenvalue weighted by Gasteiger charge is -2.28. The highest BCUT2D eigenvalue weighted by atomic mass is 16.5. The number of hydrogen-bond acceptors (Lipinski definition) is 3. The van der Waals surface area contributed by atoms with Crippen LogP contribution in [0.1, 0.15) is 31.2 Å². The van der Waals surface area contributed by atoms with Gasteiger partial charge in [0, 0.05) is 19.3 Å². The van der Waals surface area contributed by atoms with Crippen LogP contribution in [0.3, 0.4) is 0 Å². The molecule has 1 aliphatic rings. The van der Waals surface area contributed by atoms with Crippen molar-refractivity contribution in [2.45, 2.75) is 44.8 Å². The van der Waals surface area contributed by atoms with Crippen molar-refractivity contribution >= 4 is 5.82 Å².